The Balaban J connectivity index is 1.55. The first-order valence-electron chi connectivity index (χ1n) is 7.78. The number of urea groups is 1. The monoisotopic (exact) mass is 333 g/mol. The van der Waals surface area contributed by atoms with Crippen molar-refractivity contribution in [2.75, 3.05) is 5.32 Å². The Morgan fingerprint density at radius 1 is 1.16 bits per heavy atom. The Morgan fingerprint density at radius 3 is 2.84 bits per heavy atom. The second-order valence-corrected chi connectivity index (χ2v) is 5.68. The number of aromatic nitrogens is 1. The van der Waals surface area contributed by atoms with E-state index in [1.165, 1.54) is 0 Å². The van der Waals surface area contributed by atoms with Crippen molar-refractivity contribution in [3.63, 3.8) is 0 Å². The molecule has 4 N–H and O–H groups in total. The van der Waals surface area contributed by atoms with Gasteiger partial charge in [0.25, 0.3) is 5.91 Å². The number of aromatic amines is 1. The van der Waals surface area contributed by atoms with Crippen LogP contribution >= 0.6 is 0 Å². The first-order chi connectivity index (χ1) is 12.2. The van der Waals surface area contributed by atoms with Crippen LogP contribution in [0, 0.1) is 0 Å². The molecule has 0 spiro atoms. The molecule has 3 amide bonds. The topological polar surface area (TPSA) is 98.4 Å². The van der Waals surface area contributed by atoms with Crippen LogP contribution < -0.4 is 16.1 Å². The molecule has 124 valence electrons. The average Bonchev–Trinajstić information content (AvgIpc) is 2.95. The smallest absolute Gasteiger partial charge is 0.319 e. The minimum absolute atomic E-state index is 0.312. The number of hydrogen-bond donors (Lipinski definition) is 4. The van der Waals surface area contributed by atoms with Crippen LogP contribution in [0.3, 0.4) is 0 Å². The van der Waals surface area contributed by atoms with E-state index in [-0.39, 0.29) is 11.9 Å². The van der Waals surface area contributed by atoms with Gasteiger partial charge in [-0.15, -0.1) is 0 Å². The third kappa shape index (κ3) is 2.94. The van der Waals surface area contributed by atoms with Crippen molar-refractivity contribution >= 4 is 34.7 Å². The lowest BCUT2D eigenvalue weighted by Crippen LogP contribution is -2.28. The fraction of sp³-hybridized carbons (Fsp3) is 0.0556. The summed E-state index contributed by atoms with van der Waals surface area (Å²) in [6.45, 7) is 0.419. The summed E-state index contributed by atoms with van der Waals surface area (Å²) in [7, 11) is 0. The number of rotatable bonds is 3. The molecule has 7 heteroatoms. The first kappa shape index (κ1) is 14.9. The van der Waals surface area contributed by atoms with E-state index >= 15 is 0 Å². The van der Waals surface area contributed by atoms with Crippen molar-refractivity contribution in [2.24, 2.45) is 5.10 Å². The van der Waals surface area contributed by atoms with E-state index < -0.39 is 0 Å². The van der Waals surface area contributed by atoms with E-state index in [9.17, 15) is 9.59 Å². The minimum atomic E-state index is -0.340. The van der Waals surface area contributed by atoms with E-state index in [0.717, 1.165) is 22.0 Å². The van der Waals surface area contributed by atoms with E-state index in [1.54, 1.807) is 24.5 Å². The van der Waals surface area contributed by atoms with Gasteiger partial charge in [0.05, 0.1) is 11.8 Å². The maximum Gasteiger partial charge on any atom is 0.319 e. The maximum atomic E-state index is 12.2. The molecule has 2 aromatic carbocycles. The minimum Gasteiger partial charge on any atom is -0.360 e. The van der Waals surface area contributed by atoms with Crippen LogP contribution in [0.25, 0.3) is 10.9 Å². The SMILES string of the molecule is O=C(NCc1ccccc1)Nc1cc2c3c(c[nH]c3c1)C=NNC2=O. The van der Waals surface area contributed by atoms with Crippen LogP contribution in [0.5, 0.6) is 0 Å². The number of carbonyl (C=O) groups excluding carboxylic acids is 2. The van der Waals surface area contributed by atoms with Gasteiger partial charge in [-0.05, 0) is 17.7 Å². The molecule has 25 heavy (non-hydrogen) atoms. The summed E-state index contributed by atoms with van der Waals surface area (Å²) < 4.78 is 0. The van der Waals surface area contributed by atoms with Gasteiger partial charge in [-0.3, -0.25) is 4.79 Å². The largest absolute Gasteiger partial charge is 0.360 e. The third-order valence-corrected chi connectivity index (χ3v) is 3.98. The summed E-state index contributed by atoms with van der Waals surface area (Å²) >= 11 is 0. The Hall–Kier alpha value is -3.61. The number of carbonyl (C=O) groups is 2. The summed E-state index contributed by atoms with van der Waals surface area (Å²) in [5.74, 6) is -0.312. The Morgan fingerprint density at radius 2 is 2.00 bits per heavy atom. The lowest BCUT2D eigenvalue weighted by atomic mass is 10.1. The molecule has 0 saturated heterocycles. The van der Waals surface area contributed by atoms with Gasteiger partial charge < -0.3 is 15.6 Å². The fourth-order valence-electron chi connectivity index (χ4n) is 2.82. The number of hydrogen-bond acceptors (Lipinski definition) is 3. The molecule has 1 aliphatic rings. The predicted octanol–water partition coefficient (Wildman–Crippen LogP) is 2.57. The molecule has 1 aliphatic heterocycles. The van der Waals surface area contributed by atoms with Crippen LogP contribution in [-0.4, -0.2) is 23.1 Å². The molecule has 0 unspecified atom stereocenters. The highest BCUT2D eigenvalue weighted by Crippen LogP contribution is 2.27. The van der Waals surface area contributed by atoms with Gasteiger partial charge in [-0.25, -0.2) is 10.2 Å². The number of amides is 3. The second kappa shape index (κ2) is 6.12. The number of nitrogens with zero attached hydrogens (tertiary/aromatic N) is 1. The van der Waals surface area contributed by atoms with Gasteiger partial charge in [0.2, 0.25) is 0 Å². The van der Waals surface area contributed by atoms with Gasteiger partial charge in [-0.2, -0.15) is 5.10 Å². The number of anilines is 1. The van der Waals surface area contributed by atoms with Gasteiger partial charge in [0.1, 0.15) is 0 Å². The van der Waals surface area contributed by atoms with Gasteiger partial charge in [0.15, 0.2) is 0 Å². The normalized spacial score (nSPS) is 12.6. The molecule has 0 radical (unpaired) electrons. The summed E-state index contributed by atoms with van der Waals surface area (Å²) in [4.78, 5) is 27.4. The number of H-pyrrole nitrogens is 1. The predicted molar refractivity (Wildman–Crippen MR) is 95.7 cm³/mol. The van der Waals surface area contributed by atoms with Gasteiger partial charge in [0, 0.05) is 34.9 Å². The molecule has 0 fully saturated rings. The molecule has 0 bridgehead atoms. The van der Waals surface area contributed by atoms with Crippen molar-refractivity contribution in [2.45, 2.75) is 6.54 Å². The standard InChI is InChI=1S/C18H15N5O2/c24-17-14-6-13(7-15-16(14)12(9-19-15)10-21-23-17)22-18(25)20-8-11-4-2-1-3-5-11/h1-7,9-10,19H,8H2,(H,23,24)(H2,20,22,25). The molecule has 0 aliphatic carbocycles. The van der Waals surface area contributed by atoms with Crippen LogP contribution in [0.1, 0.15) is 21.5 Å². The molecule has 1 aromatic heterocycles. The molecule has 0 saturated carbocycles. The zero-order valence-corrected chi connectivity index (χ0v) is 13.2. The van der Waals surface area contributed by atoms with Crippen molar-refractivity contribution < 1.29 is 9.59 Å². The molecule has 2 heterocycles. The quantitative estimate of drug-likeness (QED) is 0.592. The van der Waals surface area contributed by atoms with Crippen LogP contribution in [0.2, 0.25) is 0 Å². The van der Waals surface area contributed by atoms with Crippen molar-refractivity contribution in [1.29, 1.82) is 0 Å². The average molecular weight is 333 g/mol. The molecule has 3 aromatic rings. The van der Waals surface area contributed by atoms with Crippen molar-refractivity contribution in [3.8, 4) is 0 Å². The van der Waals surface area contributed by atoms with E-state index in [4.69, 9.17) is 0 Å². The van der Waals surface area contributed by atoms with E-state index in [1.807, 2.05) is 30.3 Å². The molecule has 0 atom stereocenters. The van der Waals surface area contributed by atoms with Crippen molar-refractivity contribution in [3.05, 3.63) is 65.4 Å². The first-order valence-corrected chi connectivity index (χ1v) is 7.78. The number of hydrazone groups is 1. The molecule has 7 nitrogen and oxygen atoms in total. The highest BCUT2D eigenvalue weighted by Gasteiger charge is 2.18. The molecular weight excluding hydrogens is 318 g/mol. The van der Waals surface area contributed by atoms with Crippen LogP contribution in [-0.2, 0) is 6.54 Å². The lowest BCUT2D eigenvalue weighted by molar-refractivity contribution is 0.0957. The maximum absolute atomic E-state index is 12.2. The van der Waals surface area contributed by atoms with Crippen LogP contribution in [0.4, 0.5) is 10.5 Å². The summed E-state index contributed by atoms with van der Waals surface area (Å²) in [6.07, 6.45) is 3.37. The lowest BCUT2D eigenvalue weighted by Gasteiger charge is -2.10. The Kier molecular flexibility index (Phi) is 3.66. The fourth-order valence-corrected chi connectivity index (χ4v) is 2.82. The third-order valence-electron chi connectivity index (χ3n) is 3.98. The zero-order valence-electron chi connectivity index (χ0n) is 13.2. The number of nitrogens with one attached hydrogen (secondary N) is 4. The van der Waals surface area contributed by atoms with E-state index in [0.29, 0.717) is 17.8 Å². The van der Waals surface area contributed by atoms with Crippen molar-refractivity contribution in [1.82, 2.24) is 15.7 Å². The van der Waals surface area contributed by atoms with Gasteiger partial charge in [-0.1, -0.05) is 30.3 Å². The summed E-state index contributed by atoms with van der Waals surface area (Å²) in [5, 5.41) is 10.2. The van der Waals surface area contributed by atoms with E-state index in [2.05, 4.69) is 26.1 Å². The Labute approximate surface area is 143 Å². The number of benzene rings is 2. The van der Waals surface area contributed by atoms with Crippen LogP contribution in [0.15, 0.2) is 53.8 Å². The highest BCUT2D eigenvalue weighted by atomic mass is 16.2. The second-order valence-electron chi connectivity index (χ2n) is 5.68. The molecule has 4 rings (SSSR count). The van der Waals surface area contributed by atoms with Gasteiger partial charge >= 0.3 is 6.03 Å². The Bertz CT molecular complexity index is 991. The summed E-state index contributed by atoms with van der Waals surface area (Å²) in [5.41, 5.74) is 6.03. The molecular formula is C18H15N5O2. The highest BCUT2D eigenvalue weighted by molar-refractivity contribution is 6.15. The summed E-state index contributed by atoms with van der Waals surface area (Å²) in [6, 6.07) is 12.7. The zero-order chi connectivity index (χ0) is 17.2.